The lowest BCUT2D eigenvalue weighted by Crippen LogP contribution is -2.31. The highest BCUT2D eigenvalue weighted by Gasteiger charge is 2.33. The zero-order valence-electron chi connectivity index (χ0n) is 45.3. The van der Waals surface area contributed by atoms with Gasteiger partial charge in [0, 0.05) is 61.7 Å². The van der Waals surface area contributed by atoms with Crippen molar-refractivity contribution in [3.05, 3.63) is 197 Å². The Kier molecular flexibility index (Phi) is 23.5. The van der Waals surface area contributed by atoms with Gasteiger partial charge in [0.2, 0.25) is 0 Å². The molecular weight excluding hydrogens is 1370 g/mol. The van der Waals surface area contributed by atoms with Crippen LogP contribution in [0.2, 0.25) is 0 Å². The second-order valence-corrected chi connectivity index (χ2v) is 25.9. The van der Waals surface area contributed by atoms with E-state index >= 15 is 0 Å². The molecule has 0 N–H and O–H groups in total. The van der Waals surface area contributed by atoms with Gasteiger partial charge in [-0.1, -0.05) is 162 Å². The predicted octanol–water partition coefficient (Wildman–Crippen LogP) is 19.3. The van der Waals surface area contributed by atoms with E-state index in [1.54, 1.807) is 21.3 Å². The van der Waals surface area contributed by atoms with Gasteiger partial charge in [0.15, 0.2) is 5.78 Å². The molecule has 410 valence electrons. The van der Waals surface area contributed by atoms with E-state index in [1.807, 2.05) is 72.8 Å². The van der Waals surface area contributed by atoms with E-state index in [4.69, 9.17) is 14.2 Å². The van der Waals surface area contributed by atoms with E-state index in [0.29, 0.717) is 11.6 Å². The van der Waals surface area contributed by atoms with Crippen LogP contribution in [-0.2, 0) is 40.1 Å². The Labute approximate surface area is 512 Å². The Bertz CT molecular complexity index is 3040. The quantitative estimate of drug-likeness (QED) is 0.107. The van der Waals surface area contributed by atoms with E-state index in [2.05, 4.69) is 165 Å². The summed E-state index contributed by atoms with van der Waals surface area (Å²) in [6.07, 6.45) is 16.0. The van der Waals surface area contributed by atoms with Crippen molar-refractivity contribution in [2.45, 2.75) is 104 Å². The first-order chi connectivity index (χ1) is 37.4. The summed E-state index contributed by atoms with van der Waals surface area (Å²) < 4.78 is 22.3. The van der Waals surface area contributed by atoms with Crippen molar-refractivity contribution in [3.8, 4) is 17.2 Å². The predicted molar refractivity (Wildman–Crippen MR) is 340 cm³/mol. The van der Waals surface area contributed by atoms with Crippen molar-refractivity contribution in [2.24, 2.45) is 23.7 Å². The summed E-state index contributed by atoms with van der Waals surface area (Å²) in [5, 5.41) is 0. The van der Waals surface area contributed by atoms with Crippen LogP contribution < -0.4 is 14.2 Å². The van der Waals surface area contributed by atoms with Gasteiger partial charge < -0.3 is 14.2 Å². The Morgan fingerprint density at radius 2 is 0.705 bits per heavy atom. The van der Waals surface area contributed by atoms with Crippen LogP contribution >= 0.6 is 95.6 Å². The number of ketones is 3. The van der Waals surface area contributed by atoms with E-state index < -0.39 is 0 Å². The monoisotopic (exact) mass is 1430 g/mol. The lowest BCUT2D eigenvalue weighted by atomic mass is 9.75. The zero-order valence-corrected chi connectivity index (χ0v) is 54.8. The number of ether oxygens (including phenoxy) is 3. The van der Waals surface area contributed by atoms with Gasteiger partial charge in [-0.25, -0.2) is 0 Å². The molecule has 78 heavy (non-hydrogen) atoms. The molecule has 0 aromatic heterocycles. The zero-order chi connectivity index (χ0) is 56.0. The summed E-state index contributed by atoms with van der Waals surface area (Å²) in [5.74, 6) is 3.87. The second kappa shape index (κ2) is 29.7. The summed E-state index contributed by atoms with van der Waals surface area (Å²) in [6, 6.07) is 36.7. The van der Waals surface area contributed by atoms with E-state index in [9.17, 15) is 14.4 Å². The fourth-order valence-electron chi connectivity index (χ4n) is 10.8. The molecule has 0 heterocycles. The topological polar surface area (TPSA) is 78.9 Å². The Morgan fingerprint density at radius 3 is 1.09 bits per heavy atom. The van der Waals surface area contributed by atoms with E-state index in [0.717, 1.165) is 161 Å². The molecule has 0 bridgehead atoms. The van der Waals surface area contributed by atoms with Crippen molar-refractivity contribution in [3.63, 3.8) is 0 Å². The van der Waals surface area contributed by atoms with Crippen LogP contribution in [0.1, 0.15) is 108 Å². The summed E-state index contributed by atoms with van der Waals surface area (Å²) in [5.41, 5.74) is 12.2. The molecule has 9 rings (SSSR count). The number of carbonyl (C=O) groups excluding carboxylic acids is 3. The number of methoxy groups -OCH3 is 3. The van der Waals surface area contributed by atoms with Crippen LogP contribution in [-0.4, -0.2) is 38.7 Å². The smallest absolute Gasteiger partial charge is 0.185 e. The molecule has 0 amide bonds. The molecule has 6 nitrogen and oxygen atoms in total. The SMILES string of the molecule is COc1ccc(Br)c(/C=C2\CCC/C(=C\c3cc(C)ccc3Br)C2=O)c1.COc1ccc(Br)c(C[C@@H]2CCC[C@@H](Cc3cc(C)ccc3Br)C2=O)c1.COc1ccc(Br)c(C[C@H]2CCC[C@@H](Cc3cc(C)ccc3Br)C2=O)c1. The van der Waals surface area contributed by atoms with E-state index in [-0.39, 0.29) is 29.5 Å². The van der Waals surface area contributed by atoms with Gasteiger partial charge >= 0.3 is 0 Å². The third-order valence-electron chi connectivity index (χ3n) is 15.1. The summed E-state index contributed by atoms with van der Waals surface area (Å²) >= 11 is 21.7. The Balaban J connectivity index is 0.000000170. The number of rotatable bonds is 13. The highest BCUT2D eigenvalue weighted by Crippen LogP contribution is 2.38. The van der Waals surface area contributed by atoms with Gasteiger partial charge in [0.1, 0.15) is 28.8 Å². The molecule has 3 fully saturated rings. The van der Waals surface area contributed by atoms with Crippen molar-refractivity contribution in [2.75, 3.05) is 21.3 Å². The minimum Gasteiger partial charge on any atom is -0.497 e. The van der Waals surface area contributed by atoms with Gasteiger partial charge in [0.05, 0.1) is 21.3 Å². The highest BCUT2D eigenvalue weighted by atomic mass is 79.9. The van der Waals surface area contributed by atoms with Crippen LogP contribution in [0, 0.1) is 44.4 Å². The third-order valence-corrected chi connectivity index (χ3v) is 19.6. The summed E-state index contributed by atoms with van der Waals surface area (Å²) in [7, 11) is 5.00. The molecule has 3 saturated carbocycles. The molecule has 0 unspecified atom stereocenters. The molecule has 0 saturated heterocycles. The molecule has 3 aliphatic rings. The van der Waals surface area contributed by atoms with Crippen molar-refractivity contribution in [1.29, 1.82) is 0 Å². The van der Waals surface area contributed by atoms with Crippen LogP contribution in [0.5, 0.6) is 17.2 Å². The molecule has 12 heteroatoms. The lowest BCUT2D eigenvalue weighted by molar-refractivity contribution is -0.129. The molecule has 0 aliphatic heterocycles. The highest BCUT2D eigenvalue weighted by molar-refractivity contribution is 9.11. The second-order valence-electron chi connectivity index (χ2n) is 20.8. The lowest BCUT2D eigenvalue weighted by Gasteiger charge is -2.28. The largest absolute Gasteiger partial charge is 0.497 e. The van der Waals surface area contributed by atoms with Gasteiger partial charge in [-0.3, -0.25) is 14.4 Å². The molecule has 3 aliphatic carbocycles. The molecule has 6 aromatic carbocycles. The first kappa shape index (κ1) is 61.7. The number of halogens is 6. The Morgan fingerprint density at radius 1 is 0.397 bits per heavy atom. The average molecular weight is 1440 g/mol. The van der Waals surface area contributed by atoms with Crippen molar-refractivity contribution >= 4 is 125 Å². The van der Waals surface area contributed by atoms with Gasteiger partial charge in [0.25, 0.3) is 0 Å². The normalized spacial score (nSPS) is 19.4. The maximum Gasteiger partial charge on any atom is 0.185 e. The summed E-state index contributed by atoms with van der Waals surface area (Å²) in [6.45, 7) is 6.26. The first-order valence-electron chi connectivity index (χ1n) is 26.7. The number of hydrogen-bond donors (Lipinski definition) is 0. The maximum atomic E-state index is 13.1. The van der Waals surface area contributed by atoms with Crippen LogP contribution in [0.4, 0.5) is 0 Å². The number of allylic oxidation sites excluding steroid dienone is 2. The van der Waals surface area contributed by atoms with Crippen LogP contribution in [0.15, 0.2) is 147 Å². The fraction of sp³-hybridized carbons (Fsp3) is 0.348. The molecule has 0 radical (unpaired) electrons. The van der Waals surface area contributed by atoms with Crippen molar-refractivity contribution in [1.82, 2.24) is 0 Å². The average Bonchev–Trinajstić information content (AvgIpc) is 3.45. The molecule has 0 spiro atoms. The number of aryl methyl sites for hydroxylation is 3. The van der Waals surface area contributed by atoms with Crippen LogP contribution in [0.3, 0.4) is 0 Å². The minimum absolute atomic E-state index is 0.0979. The maximum absolute atomic E-state index is 13.1. The van der Waals surface area contributed by atoms with Gasteiger partial charge in [-0.2, -0.15) is 0 Å². The fourth-order valence-corrected chi connectivity index (χ4v) is 13.2. The molecule has 6 aromatic rings. The van der Waals surface area contributed by atoms with Crippen LogP contribution in [0.25, 0.3) is 12.2 Å². The number of Topliss-reactive ketones (excluding diaryl/α,β-unsaturated/α-hetero) is 3. The van der Waals surface area contributed by atoms with E-state index in [1.165, 1.54) is 27.8 Å². The molecular formula is C66H68Br6O6. The van der Waals surface area contributed by atoms with Gasteiger partial charge in [-0.05, 0) is 210 Å². The standard InChI is InChI=1S/2C22H24Br2O2.C22H20Br2O2/c3*1-14-6-8-20(23)17(10-14)11-15-4-3-5-16(22(15)25)12-18-13-19(26-2)7-9-21(18)24/h2*6-10,13,15-16H,3-5,11-12H2,1-2H3;6-13H,3-5H2,1-2H3/b;;15-11+,16-12+/t15-,16+;15-,16-;/m00./s1. The Hall–Kier alpha value is -3.91. The minimum atomic E-state index is 0.0979. The van der Waals surface area contributed by atoms with Crippen molar-refractivity contribution < 1.29 is 28.6 Å². The molecule has 4 atom stereocenters. The number of benzene rings is 6. The number of carbonyl (C=O) groups is 3. The summed E-state index contributed by atoms with van der Waals surface area (Å²) in [4.78, 5) is 39.3. The van der Waals surface area contributed by atoms with Gasteiger partial charge in [-0.15, -0.1) is 0 Å². The first-order valence-corrected chi connectivity index (χ1v) is 31.5. The third kappa shape index (κ3) is 17.1. The number of hydrogen-bond acceptors (Lipinski definition) is 6.